The lowest BCUT2D eigenvalue weighted by atomic mass is 9.83. The number of carbonyl (C=O) groups excluding carboxylic acids is 2. The van der Waals surface area contributed by atoms with Gasteiger partial charge in [-0.15, -0.1) is 0 Å². The molecule has 7 heteroatoms. The summed E-state index contributed by atoms with van der Waals surface area (Å²) < 4.78 is 23.9. The number of amides is 1. The van der Waals surface area contributed by atoms with Crippen LogP contribution in [-0.2, 0) is 25.6 Å². The van der Waals surface area contributed by atoms with E-state index in [0.29, 0.717) is 27.4 Å². The molecule has 0 radical (unpaired) electrons. The molecule has 158 valence electrons. The van der Waals surface area contributed by atoms with E-state index in [1.165, 1.54) is 24.1 Å². The Labute approximate surface area is 180 Å². The van der Waals surface area contributed by atoms with E-state index in [1.807, 2.05) is 6.07 Å². The quantitative estimate of drug-likeness (QED) is 0.480. The summed E-state index contributed by atoms with van der Waals surface area (Å²) in [5.74, 6) is -1.60. The van der Waals surface area contributed by atoms with Gasteiger partial charge < -0.3 is 14.4 Å². The van der Waals surface area contributed by atoms with E-state index in [4.69, 9.17) is 21.1 Å². The van der Waals surface area contributed by atoms with Gasteiger partial charge in [-0.3, -0.25) is 4.79 Å². The van der Waals surface area contributed by atoms with E-state index in [-0.39, 0.29) is 37.9 Å². The number of allylic oxidation sites excluding steroid dienone is 1. The highest BCUT2D eigenvalue weighted by molar-refractivity contribution is 6.31. The predicted octanol–water partition coefficient (Wildman–Crippen LogP) is 4.46. The first-order valence-electron chi connectivity index (χ1n) is 9.58. The highest BCUT2D eigenvalue weighted by atomic mass is 35.5. The average molecular weight is 432 g/mol. The Balaban J connectivity index is 2.01. The van der Waals surface area contributed by atoms with Gasteiger partial charge in [0.05, 0.1) is 18.7 Å². The molecule has 0 fully saturated rings. The smallest absolute Gasteiger partial charge is 0.336 e. The number of nitrogens with zero attached hydrogens (tertiary/aromatic N) is 1. The molecule has 1 aliphatic rings. The van der Waals surface area contributed by atoms with Crippen LogP contribution in [-0.4, -0.2) is 37.1 Å². The minimum absolute atomic E-state index is 0.0606. The van der Waals surface area contributed by atoms with Gasteiger partial charge in [0.15, 0.2) is 0 Å². The molecule has 0 N–H and O–H groups in total. The van der Waals surface area contributed by atoms with Crippen molar-refractivity contribution in [1.29, 1.82) is 0 Å². The number of hydrogen-bond acceptors (Lipinski definition) is 4. The van der Waals surface area contributed by atoms with Crippen LogP contribution in [0.1, 0.15) is 30.4 Å². The maximum absolute atomic E-state index is 13.6. The van der Waals surface area contributed by atoms with Crippen molar-refractivity contribution in [2.45, 2.75) is 25.8 Å². The van der Waals surface area contributed by atoms with Gasteiger partial charge in [0.25, 0.3) is 0 Å². The number of rotatable bonds is 7. The van der Waals surface area contributed by atoms with Gasteiger partial charge in [-0.25, -0.2) is 9.18 Å². The van der Waals surface area contributed by atoms with E-state index in [1.54, 1.807) is 37.3 Å². The van der Waals surface area contributed by atoms with E-state index in [9.17, 15) is 14.0 Å². The van der Waals surface area contributed by atoms with Crippen LogP contribution < -0.4 is 0 Å². The number of esters is 1. The Morgan fingerprint density at radius 1 is 1.20 bits per heavy atom. The minimum Gasteiger partial charge on any atom is -0.460 e. The highest BCUT2D eigenvalue weighted by Gasteiger charge is 2.37. The summed E-state index contributed by atoms with van der Waals surface area (Å²) in [5.41, 5.74) is 2.17. The van der Waals surface area contributed by atoms with E-state index >= 15 is 0 Å². The number of halogens is 2. The molecule has 0 saturated carbocycles. The van der Waals surface area contributed by atoms with Crippen LogP contribution in [0.25, 0.3) is 0 Å². The molecule has 2 aromatic rings. The lowest BCUT2D eigenvalue weighted by Gasteiger charge is -2.34. The van der Waals surface area contributed by atoms with Crippen LogP contribution >= 0.6 is 11.6 Å². The Kier molecular flexibility index (Phi) is 7.24. The molecule has 2 aromatic carbocycles. The number of ether oxygens (including phenoxy) is 2. The number of methoxy groups -OCH3 is 1. The molecule has 0 aliphatic carbocycles. The van der Waals surface area contributed by atoms with Crippen LogP contribution in [0.4, 0.5) is 4.39 Å². The molecule has 1 amide bonds. The molecule has 1 aliphatic heterocycles. The summed E-state index contributed by atoms with van der Waals surface area (Å²) in [4.78, 5) is 27.5. The Morgan fingerprint density at radius 3 is 2.67 bits per heavy atom. The monoisotopic (exact) mass is 431 g/mol. The Bertz CT molecular complexity index is 975. The van der Waals surface area contributed by atoms with E-state index in [2.05, 4.69) is 0 Å². The molecule has 1 heterocycles. The highest BCUT2D eigenvalue weighted by Crippen LogP contribution is 2.40. The van der Waals surface area contributed by atoms with Gasteiger partial charge in [-0.1, -0.05) is 41.9 Å². The maximum Gasteiger partial charge on any atom is 0.336 e. The summed E-state index contributed by atoms with van der Waals surface area (Å²) >= 11 is 6.37. The molecule has 0 aromatic heterocycles. The molecule has 0 saturated heterocycles. The fraction of sp³-hybridized carbons (Fsp3) is 0.304. The number of hydrogen-bond donors (Lipinski definition) is 0. The first-order chi connectivity index (χ1) is 14.4. The van der Waals surface area contributed by atoms with Crippen LogP contribution in [0.5, 0.6) is 0 Å². The van der Waals surface area contributed by atoms with Crippen LogP contribution in [0.15, 0.2) is 59.8 Å². The summed E-state index contributed by atoms with van der Waals surface area (Å²) in [7, 11) is 1.52. The van der Waals surface area contributed by atoms with Crippen molar-refractivity contribution >= 4 is 23.5 Å². The topological polar surface area (TPSA) is 55.8 Å². The molecule has 1 unspecified atom stereocenters. The summed E-state index contributed by atoms with van der Waals surface area (Å²) in [6.45, 7) is 2.22. The second-order valence-electron chi connectivity index (χ2n) is 7.02. The van der Waals surface area contributed by atoms with E-state index < -0.39 is 11.9 Å². The van der Waals surface area contributed by atoms with Gasteiger partial charge in [-0.2, -0.15) is 0 Å². The van der Waals surface area contributed by atoms with Gasteiger partial charge in [-0.05, 0) is 36.2 Å². The van der Waals surface area contributed by atoms with Crippen LogP contribution in [0.2, 0.25) is 5.02 Å². The summed E-state index contributed by atoms with van der Waals surface area (Å²) in [6.07, 6.45) is 0.0606. The van der Waals surface area contributed by atoms with Crippen molar-refractivity contribution in [3.8, 4) is 0 Å². The molecule has 30 heavy (non-hydrogen) atoms. The first kappa shape index (κ1) is 22.0. The van der Waals surface area contributed by atoms with Crippen molar-refractivity contribution in [3.63, 3.8) is 0 Å². The number of benzene rings is 2. The fourth-order valence-electron chi connectivity index (χ4n) is 3.60. The lowest BCUT2D eigenvalue weighted by molar-refractivity contribution is -0.141. The first-order valence-corrected chi connectivity index (χ1v) is 9.96. The standard InChI is InChI=1S/C23H23ClFNO4/c1-15-22(23(28)30-11-10-29-2)19(18-8-3-4-9-20(18)24)13-21(27)26(15)14-16-6-5-7-17(25)12-16/h3-9,12,19H,10-11,13-14H2,1-2H3. The average Bonchev–Trinajstić information content (AvgIpc) is 2.71. The molecular weight excluding hydrogens is 409 g/mol. The van der Waals surface area contributed by atoms with Crippen LogP contribution in [0.3, 0.4) is 0 Å². The SMILES string of the molecule is COCCOC(=O)C1=C(C)N(Cc2cccc(F)c2)C(=O)CC1c1ccccc1Cl. The second kappa shape index (κ2) is 9.87. The van der Waals surface area contributed by atoms with Crippen molar-refractivity contribution in [2.24, 2.45) is 0 Å². The van der Waals surface area contributed by atoms with Gasteiger partial charge in [0.2, 0.25) is 5.91 Å². The zero-order chi connectivity index (χ0) is 21.7. The van der Waals surface area contributed by atoms with Crippen molar-refractivity contribution in [2.75, 3.05) is 20.3 Å². The Morgan fingerprint density at radius 2 is 1.97 bits per heavy atom. The maximum atomic E-state index is 13.6. The normalized spacial score (nSPS) is 16.7. The zero-order valence-corrected chi connectivity index (χ0v) is 17.6. The summed E-state index contributed by atoms with van der Waals surface area (Å²) in [5, 5.41) is 0.476. The third kappa shape index (κ3) is 4.89. The van der Waals surface area contributed by atoms with E-state index in [0.717, 1.165) is 0 Å². The molecular formula is C23H23ClFNO4. The molecule has 1 atom stereocenters. The third-order valence-corrected chi connectivity index (χ3v) is 5.42. The summed E-state index contributed by atoms with van der Waals surface area (Å²) in [6, 6.07) is 13.2. The largest absolute Gasteiger partial charge is 0.460 e. The molecule has 5 nitrogen and oxygen atoms in total. The van der Waals surface area contributed by atoms with Gasteiger partial charge in [0, 0.05) is 30.2 Å². The Hall–Kier alpha value is -2.70. The fourth-order valence-corrected chi connectivity index (χ4v) is 3.87. The minimum atomic E-state index is -0.523. The lowest BCUT2D eigenvalue weighted by Crippen LogP contribution is -2.38. The van der Waals surface area contributed by atoms with Crippen molar-refractivity contribution in [3.05, 3.63) is 81.8 Å². The van der Waals surface area contributed by atoms with Gasteiger partial charge in [0.1, 0.15) is 12.4 Å². The predicted molar refractivity (Wildman–Crippen MR) is 111 cm³/mol. The second-order valence-corrected chi connectivity index (χ2v) is 7.42. The van der Waals surface area contributed by atoms with Crippen molar-refractivity contribution in [1.82, 2.24) is 4.90 Å². The third-order valence-electron chi connectivity index (χ3n) is 5.07. The number of carbonyl (C=O) groups is 2. The molecule has 3 rings (SSSR count). The van der Waals surface area contributed by atoms with Crippen LogP contribution in [0, 0.1) is 5.82 Å². The molecule has 0 spiro atoms. The van der Waals surface area contributed by atoms with Crippen molar-refractivity contribution < 1.29 is 23.5 Å². The zero-order valence-electron chi connectivity index (χ0n) is 16.9. The van der Waals surface area contributed by atoms with Gasteiger partial charge >= 0.3 is 5.97 Å². The molecule has 0 bridgehead atoms.